The molecule has 0 atom stereocenters. The van der Waals surface area contributed by atoms with Crippen LogP contribution in [0.2, 0.25) is 0 Å². The number of hydrogen-bond acceptors (Lipinski definition) is 6. The summed E-state index contributed by atoms with van der Waals surface area (Å²) in [6, 6.07) is 15.2. The van der Waals surface area contributed by atoms with Gasteiger partial charge < -0.3 is 15.8 Å². The Morgan fingerprint density at radius 3 is 2.26 bits per heavy atom. The minimum absolute atomic E-state index is 0.0494. The Balaban J connectivity index is 2.00. The van der Waals surface area contributed by atoms with E-state index < -0.39 is 15.9 Å². The van der Waals surface area contributed by atoms with Crippen LogP contribution in [0.25, 0.3) is 0 Å². The fraction of sp³-hybridized carbons (Fsp3) is 0.333. The molecule has 0 heterocycles. The number of nitrogens with two attached hydrogens (primary N) is 1. The first-order valence-electron chi connectivity index (χ1n) is 9.62. The number of hydrogen-bond donors (Lipinski definition) is 2. The maximum atomic E-state index is 12.8. The second-order valence-electron chi connectivity index (χ2n) is 6.99. The Bertz CT molecular complexity index is 965. The fourth-order valence-corrected chi connectivity index (χ4v) is 4.03. The number of carbonyl (C=O) groups is 2. The standard InChI is InChI=1S/C21H28N4O5S/c1-24(14-17-6-4-3-5-7-17)31(28,29)19-10-8-18(9-11-19)23-21(27)16-25(12-13-30-2)15-20(22)26/h3-11H,12-16H2,1-2H3,(H2,22,26)(H,23,27). The van der Waals surface area contributed by atoms with Crippen molar-refractivity contribution in [3.05, 3.63) is 60.2 Å². The van der Waals surface area contributed by atoms with Gasteiger partial charge in [0.15, 0.2) is 0 Å². The molecule has 0 saturated carbocycles. The highest BCUT2D eigenvalue weighted by Crippen LogP contribution is 2.19. The number of ether oxygens (including phenoxy) is 1. The molecular weight excluding hydrogens is 420 g/mol. The molecule has 0 aliphatic rings. The zero-order valence-electron chi connectivity index (χ0n) is 17.7. The Morgan fingerprint density at radius 1 is 1.03 bits per heavy atom. The highest BCUT2D eigenvalue weighted by molar-refractivity contribution is 7.89. The average molecular weight is 449 g/mol. The molecule has 2 aromatic rings. The van der Waals surface area contributed by atoms with Gasteiger partial charge in [0.1, 0.15) is 0 Å². The lowest BCUT2D eigenvalue weighted by Gasteiger charge is -2.20. The maximum absolute atomic E-state index is 12.8. The number of rotatable bonds is 12. The van der Waals surface area contributed by atoms with E-state index in [0.717, 1.165) is 5.56 Å². The molecule has 3 N–H and O–H groups in total. The molecule has 31 heavy (non-hydrogen) atoms. The van der Waals surface area contributed by atoms with E-state index >= 15 is 0 Å². The van der Waals surface area contributed by atoms with E-state index in [9.17, 15) is 18.0 Å². The monoisotopic (exact) mass is 448 g/mol. The van der Waals surface area contributed by atoms with Crippen molar-refractivity contribution in [1.29, 1.82) is 0 Å². The SMILES string of the molecule is COCCN(CC(N)=O)CC(=O)Nc1ccc(S(=O)(=O)N(C)Cc2ccccc2)cc1. The summed E-state index contributed by atoms with van der Waals surface area (Å²) in [5.74, 6) is -0.896. The predicted molar refractivity (Wildman–Crippen MR) is 118 cm³/mol. The first kappa shape index (κ1) is 24.5. The molecule has 0 saturated heterocycles. The Hall–Kier alpha value is -2.79. The van der Waals surface area contributed by atoms with Gasteiger partial charge >= 0.3 is 0 Å². The summed E-state index contributed by atoms with van der Waals surface area (Å²) >= 11 is 0. The van der Waals surface area contributed by atoms with Crippen LogP contribution >= 0.6 is 0 Å². The second kappa shape index (κ2) is 11.6. The number of anilines is 1. The van der Waals surface area contributed by atoms with E-state index in [-0.39, 0.29) is 30.4 Å². The zero-order valence-corrected chi connectivity index (χ0v) is 18.5. The van der Waals surface area contributed by atoms with E-state index in [1.54, 1.807) is 4.90 Å². The van der Waals surface area contributed by atoms with E-state index in [1.807, 2.05) is 30.3 Å². The van der Waals surface area contributed by atoms with Crippen LogP contribution in [0.5, 0.6) is 0 Å². The van der Waals surface area contributed by atoms with Crippen LogP contribution in [0.1, 0.15) is 5.56 Å². The molecule has 9 nitrogen and oxygen atoms in total. The molecule has 0 aliphatic carbocycles. The summed E-state index contributed by atoms with van der Waals surface area (Å²) < 4.78 is 31.8. The summed E-state index contributed by atoms with van der Waals surface area (Å²) in [4.78, 5) is 25.1. The number of carbonyl (C=O) groups excluding carboxylic acids is 2. The van der Waals surface area contributed by atoms with Crippen molar-refractivity contribution in [1.82, 2.24) is 9.21 Å². The summed E-state index contributed by atoms with van der Waals surface area (Å²) in [5.41, 5.74) is 6.54. The number of benzene rings is 2. The number of sulfonamides is 1. The normalized spacial score (nSPS) is 11.6. The predicted octanol–water partition coefficient (Wildman–Crippen LogP) is 0.880. The summed E-state index contributed by atoms with van der Waals surface area (Å²) in [6.45, 7) is 0.855. The number of primary amides is 1. The first-order chi connectivity index (χ1) is 14.7. The minimum Gasteiger partial charge on any atom is -0.383 e. The van der Waals surface area contributed by atoms with Crippen molar-refractivity contribution in [3.63, 3.8) is 0 Å². The van der Waals surface area contributed by atoms with Gasteiger partial charge in [-0.1, -0.05) is 30.3 Å². The first-order valence-corrected chi connectivity index (χ1v) is 11.1. The van der Waals surface area contributed by atoms with Crippen molar-refractivity contribution in [2.75, 3.05) is 45.7 Å². The molecule has 2 aromatic carbocycles. The van der Waals surface area contributed by atoms with E-state index in [2.05, 4.69) is 5.32 Å². The summed E-state index contributed by atoms with van der Waals surface area (Å²) in [6.07, 6.45) is 0. The van der Waals surface area contributed by atoms with Crippen LogP contribution in [-0.2, 0) is 30.9 Å². The summed E-state index contributed by atoms with van der Waals surface area (Å²) in [5, 5.41) is 2.69. The molecular formula is C21H28N4O5S. The van der Waals surface area contributed by atoms with Crippen molar-refractivity contribution >= 4 is 27.5 Å². The van der Waals surface area contributed by atoms with Crippen molar-refractivity contribution in [2.45, 2.75) is 11.4 Å². The van der Waals surface area contributed by atoms with Crippen LogP contribution in [0.15, 0.2) is 59.5 Å². The van der Waals surface area contributed by atoms with Gasteiger partial charge in [-0.3, -0.25) is 14.5 Å². The molecule has 0 unspecified atom stereocenters. The van der Waals surface area contributed by atoms with Crippen LogP contribution in [0.3, 0.4) is 0 Å². The number of nitrogens with zero attached hydrogens (tertiary/aromatic N) is 2. The Labute approximate surface area is 182 Å². The molecule has 0 fully saturated rings. The van der Waals surface area contributed by atoms with Crippen molar-refractivity contribution in [3.8, 4) is 0 Å². The minimum atomic E-state index is -3.68. The van der Waals surface area contributed by atoms with E-state index in [4.69, 9.17) is 10.5 Å². The lowest BCUT2D eigenvalue weighted by molar-refractivity contribution is -0.121. The van der Waals surface area contributed by atoms with Gasteiger partial charge in [0.25, 0.3) is 0 Å². The highest BCUT2D eigenvalue weighted by atomic mass is 32.2. The molecule has 168 valence electrons. The van der Waals surface area contributed by atoms with Gasteiger partial charge in [-0.05, 0) is 29.8 Å². The summed E-state index contributed by atoms with van der Waals surface area (Å²) in [7, 11) is -0.636. The van der Waals surface area contributed by atoms with E-state index in [0.29, 0.717) is 18.8 Å². The van der Waals surface area contributed by atoms with Crippen LogP contribution in [-0.4, -0.2) is 69.8 Å². The molecule has 0 bridgehead atoms. The third-order valence-electron chi connectivity index (χ3n) is 4.45. The molecule has 2 amide bonds. The Kier molecular flexibility index (Phi) is 9.13. The molecule has 0 aromatic heterocycles. The van der Waals surface area contributed by atoms with Gasteiger partial charge in [0.05, 0.1) is 24.6 Å². The topological polar surface area (TPSA) is 122 Å². The smallest absolute Gasteiger partial charge is 0.243 e. The molecule has 0 aliphatic heterocycles. The number of amides is 2. The van der Waals surface area contributed by atoms with Crippen LogP contribution in [0.4, 0.5) is 5.69 Å². The Morgan fingerprint density at radius 2 is 1.68 bits per heavy atom. The highest BCUT2D eigenvalue weighted by Gasteiger charge is 2.21. The van der Waals surface area contributed by atoms with Gasteiger partial charge in [-0.25, -0.2) is 8.42 Å². The largest absolute Gasteiger partial charge is 0.383 e. The molecule has 0 spiro atoms. The quantitative estimate of drug-likeness (QED) is 0.497. The maximum Gasteiger partial charge on any atom is 0.243 e. The number of methoxy groups -OCH3 is 1. The molecule has 0 radical (unpaired) electrons. The second-order valence-corrected chi connectivity index (χ2v) is 9.03. The third kappa shape index (κ3) is 7.76. The fourth-order valence-electron chi connectivity index (χ4n) is 2.87. The number of nitrogens with one attached hydrogen (secondary N) is 1. The average Bonchev–Trinajstić information content (AvgIpc) is 2.72. The van der Waals surface area contributed by atoms with Gasteiger partial charge in [-0.15, -0.1) is 0 Å². The lowest BCUT2D eigenvalue weighted by atomic mass is 10.2. The van der Waals surface area contributed by atoms with E-state index in [1.165, 1.54) is 42.7 Å². The molecule has 2 rings (SSSR count). The zero-order chi connectivity index (χ0) is 22.9. The van der Waals surface area contributed by atoms with Crippen LogP contribution in [0, 0.1) is 0 Å². The van der Waals surface area contributed by atoms with Crippen LogP contribution < -0.4 is 11.1 Å². The van der Waals surface area contributed by atoms with Gasteiger partial charge in [0, 0.05) is 32.9 Å². The van der Waals surface area contributed by atoms with Crippen molar-refractivity contribution in [2.24, 2.45) is 5.73 Å². The lowest BCUT2D eigenvalue weighted by Crippen LogP contribution is -2.40. The third-order valence-corrected chi connectivity index (χ3v) is 6.27. The van der Waals surface area contributed by atoms with Crippen molar-refractivity contribution < 1.29 is 22.7 Å². The van der Waals surface area contributed by atoms with Gasteiger partial charge in [0.2, 0.25) is 21.8 Å². The molecule has 10 heteroatoms. The van der Waals surface area contributed by atoms with Gasteiger partial charge in [-0.2, -0.15) is 4.31 Å².